The zero-order valence-corrected chi connectivity index (χ0v) is 12.7. The molecule has 0 aliphatic heterocycles. The fourth-order valence-corrected chi connectivity index (χ4v) is 3.63. The van der Waals surface area contributed by atoms with Crippen molar-refractivity contribution in [3.05, 3.63) is 56.7 Å². The van der Waals surface area contributed by atoms with E-state index in [0.717, 1.165) is 17.3 Å². The Hall–Kier alpha value is -0.640. The van der Waals surface area contributed by atoms with Gasteiger partial charge < -0.3 is 5.11 Å². The summed E-state index contributed by atoms with van der Waals surface area (Å²) in [6.07, 6.45) is 1.28. The van der Waals surface area contributed by atoms with Gasteiger partial charge in [-0.2, -0.15) is 0 Å². The van der Waals surface area contributed by atoms with Crippen LogP contribution in [0, 0.1) is 0 Å². The van der Waals surface area contributed by atoms with Crippen LogP contribution in [0.2, 0.25) is 0 Å². The van der Waals surface area contributed by atoms with Crippen molar-refractivity contribution in [2.24, 2.45) is 0 Å². The first-order chi connectivity index (χ1) is 8.65. The number of rotatable bonds is 5. The molecule has 0 saturated carbocycles. The number of hydrogen-bond donors (Lipinski definition) is 1. The fourth-order valence-electron chi connectivity index (χ4n) is 2.10. The van der Waals surface area contributed by atoms with Crippen molar-refractivity contribution in [1.29, 1.82) is 0 Å². The predicted molar refractivity (Wildman–Crippen MR) is 81.2 cm³/mol. The van der Waals surface area contributed by atoms with Crippen LogP contribution in [-0.4, -0.2) is 11.2 Å². The quantitative estimate of drug-likeness (QED) is 0.851. The largest absolute Gasteiger partial charge is 0.393 e. The maximum Gasteiger partial charge on any atom is 0.0594 e. The summed E-state index contributed by atoms with van der Waals surface area (Å²) in [5, 5.41) is 12.2. The van der Waals surface area contributed by atoms with Gasteiger partial charge in [0.05, 0.1) is 6.10 Å². The van der Waals surface area contributed by atoms with E-state index in [0.29, 0.717) is 5.92 Å². The van der Waals surface area contributed by atoms with Crippen molar-refractivity contribution in [2.45, 2.75) is 31.8 Å². The number of hydrogen-bond acceptors (Lipinski definition) is 2. The Balaban J connectivity index is 1.89. The van der Waals surface area contributed by atoms with Gasteiger partial charge in [-0.3, -0.25) is 0 Å². The van der Waals surface area contributed by atoms with E-state index in [1.54, 1.807) is 11.3 Å². The van der Waals surface area contributed by atoms with Crippen molar-refractivity contribution in [3.63, 3.8) is 0 Å². The summed E-state index contributed by atoms with van der Waals surface area (Å²) < 4.78 is 1.10. The van der Waals surface area contributed by atoms with Gasteiger partial charge in [-0.1, -0.05) is 37.3 Å². The first-order valence-corrected chi connectivity index (χ1v) is 7.78. The minimum atomic E-state index is -0.272. The van der Waals surface area contributed by atoms with E-state index in [2.05, 4.69) is 58.6 Å². The standard InChI is InChI=1S/C15H17BrOS/c1-11(12-5-3-2-4-6-12)7-14(17)9-15-8-13(16)10-18-15/h2-6,8,10-11,14,17H,7,9H2,1H3. The number of thiophene rings is 1. The van der Waals surface area contributed by atoms with Crippen molar-refractivity contribution in [3.8, 4) is 0 Å². The average Bonchev–Trinajstić information content (AvgIpc) is 2.75. The van der Waals surface area contributed by atoms with Gasteiger partial charge in [0.1, 0.15) is 0 Å². The Kier molecular flexibility index (Phi) is 4.98. The second-order valence-corrected chi connectivity index (χ2v) is 6.55. The molecule has 1 nitrogen and oxygen atoms in total. The van der Waals surface area contributed by atoms with Gasteiger partial charge in [0.15, 0.2) is 0 Å². The number of aliphatic hydroxyl groups excluding tert-OH is 1. The van der Waals surface area contributed by atoms with Crippen LogP contribution in [0.15, 0.2) is 46.3 Å². The molecule has 0 amide bonds. The third-order valence-electron chi connectivity index (χ3n) is 3.05. The first kappa shape index (κ1) is 13.8. The van der Waals surface area contributed by atoms with E-state index < -0.39 is 0 Å². The van der Waals surface area contributed by atoms with Crippen LogP contribution < -0.4 is 0 Å². The molecule has 1 heterocycles. The summed E-state index contributed by atoms with van der Waals surface area (Å²) in [5.41, 5.74) is 1.30. The maximum absolute atomic E-state index is 10.1. The minimum absolute atomic E-state index is 0.272. The van der Waals surface area contributed by atoms with Gasteiger partial charge in [0.25, 0.3) is 0 Å². The Bertz CT molecular complexity index is 480. The monoisotopic (exact) mass is 324 g/mol. The fraction of sp³-hybridized carbons (Fsp3) is 0.333. The molecule has 2 aromatic rings. The van der Waals surface area contributed by atoms with E-state index in [1.165, 1.54) is 10.4 Å². The van der Waals surface area contributed by atoms with Crippen molar-refractivity contribution in [1.82, 2.24) is 0 Å². The second kappa shape index (κ2) is 6.50. The van der Waals surface area contributed by atoms with Gasteiger partial charge in [-0.15, -0.1) is 11.3 Å². The van der Waals surface area contributed by atoms with Crippen molar-refractivity contribution < 1.29 is 5.11 Å². The molecular weight excluding hydrogens is 308 g/mol. The minimum Gasteiger partial charge on any atom is -0.393 e. The predicted octanol–water partition coefficient (Wildman–Crippen LogP) is 4.61. The van der Waals surface area contributed by atoms with Gasteiger partial charge in [0.2, 0.25) is 0 Å². The Morgan fingerprint density at radius 1 is 1.28 bits per heavy atom. The van der Waals surface area contributed by atoms with Crippen LogP contribution in [0.25, 0.3) is 0 Å². The van der Waals surface area contributed by atoms with E-state index in [4.69, 9.17) is 0 Å². The normalized spacial score (nSPS) is 14.4. The number of aliphatic hydroxyl groups is 1. The highest BCUT2D eigenvalue weighted by atomic mass is 79.9. The molecule has 1 aromatic heterocycles. The lowest BCUT2D eigenvalue weighted by molar-refractivity contribution is 0.158. The van der Waals surface area contributed by atoms with Gasteiger partial charge in [-0.05, 0) is 39.9 Å². The SMILES string of the molecule is CC(CC(O)Cc1cc(Br)cs1)c1ccccc1. The molecular formula is C15H17BrOS. The third-order valence-corrected chi connectivity index (χ3v) is 4.77. The average molecular weight is 325 g/mol. The summed E-state index contributed by atoms with van der Waals surface area (Å²) in [6, 6.07) is 12.5. The lowest BCUT2D eigenvalue weighted by atomic mass is 9.94. The molecule has 1 aromatic carbocycles. The molecule has 2 rings (SSSR count). The third kappa shape index (κ3) is 3.94. The number of benzene rings is 1. The molecule has 0 aliphatic carbocycles. The highest BCUT2D eigenvalue weighted by Crippen LogP contribution is 2.25. The van der Waals surface area contributed by atoms with E-state index >= 15 is 0 Å². The highest BCUT2D eigenvalue weighted by molar-refractivity contribution is 9.10. The van der Waals surface area contributed by atoms with Crippen LogP contribution in [-0.2, 0) is 6.42 Å². The molecule has 3 heteroatoms. The summed E-state index contributed by atoms with van der Waals surface area (Å²) in [4.78, 5) is 1.23. The van der Waals surface area contributed by atoms with Crippen LogP contribution in [0.5, 0.6) is 0 Å². The summed E-state index contributed by atoms with van der Waals surface area (Å²) >= 11 is 5.13. The topological polar surface area (TPSA) is 20.2 Å². The van der Waals surface area contributed by atoms with Crippen LogP contribution in [0.4, 0.5) is 0 Å². The van der Waals surface area contributed by atoms with Crippen LogP contribution >= 0.6 is 27.3 Å². The molecule has 18 heavy (non-hydrogen) atoms. The molecule has 0 spiro atoms. The van der Waals surface area contributed by atoms with Crippen LogP contribution in [0.3, 0.4) is 0 Å². The molecule has 2 atom stereocenters. The molecule has 1 N–H and O–H groups in total. The van der Waals surface area contributed by atoms with Gasteiger partial charge in [-0.25, -0.2) is 0 Å². The molecule has 0 fully saturated rings. The van der Waals surface area contributed by atoms with Crippen molar-refractivity contribution in [2.75, 3.05) is 0 Å². The smallest absolute Gasteiger partial charge is 0.0594 e. The lowest BCUT2D eigenvalue weighted by Crippen LogP contribution is -2.13. The molecule has 0 aliphatic rings. The molecule has 0 bridgehead atoms. The molecule has 96 valence electrons. The maximum atomic E-state index is 10.1. The Morgan fingerprint density at radius 3 is 2.61 bits per heavy atom. The van der Waals surface area contributed by atoms with Crippen molar-refractivity contribution >= 4 is 27.3 Å². The van der Waals surface area contributed by atoms with Gasteiger partial charge in [0, 0.05) is 21.2 Å². The molecule has 2 unspecified atom stereocenters. The van der Waals surface area contributed by atoms with E-state index in [1.807, 2.05) is 6.07 Å². The summed E-state index contributed by atoms with van der Waals surface area (Å²) in [6.45, 7) is 2.17. The molecule has 0 radical (unpaired) electrons. The number of halogens is 1. The molecule has 0 saturated heterocycles. The summed E-state index contributed by atoms with van der Waals surface area (Å²) in [7, 11) is 0. The van der Waals surface area contributed by atoms with E-state index in [-0.39, 0.29) is 6.10 Å². The highest BCUT2D eigenvalue weighted by Gasteiger charge is 2.13. The summed E-state index contributed by atoms with van der Waals surface area (Å²) in [5.74, 6) is 0.393. The van der Waals surface area contributed by atoms with Gasteiger partial charge >= 0.3 is 0 Å². The zero-order valence-electron chi connectivity index (χ0n) is 10.3. The second-order valence-electron chi connectivity index (χ2n) is 4.64. The zero-order chi connectivity index (χ0) is 13.0. The van der Waals surface area contributed by atoms with E-state index in [9.17, 15) is 5.11 Å². The Morgan fingerprint density at radius 2 is 2.00 bits per heavy atom. The Labute approximate surface area is 121 Å². The lowest BCUT2D eigenvalue weighted by Gasteiger charge is -2.16. The first-order valence-electron chi connectivity index (χ1n) is 6.11. The van der Waals surface area contributed by atoms with Crippen LogP contribution in [0.1, 0.15) is 29.7 Å².